The van der Waals surface area contributed by atoms with Crippen LogP contribution in [0.25, 0.3) is 6.08 Å². The molecule has 0 saturated carbocycles. The van der Waals surface area contributed by atoms with E-state index < -0.39 is 0 Å². The lowest BCUT2D eigenvalue weighted by molar-refractivity contribution is 0.0498. The molecule has 0 aliphatic heterocycles. The summed E-state index contributed by atoms with van der Waals surface area (Å²) in [6.45, 7) is 11.4. The first-order valence-electron chi connectivity index (χ1n) is 9.53. The fraction of sp³-hybridized carbons (Fsp3) is 0.478. The Morgan fingerprint density at radius 3 is 2.73 bits per heavy atom. The van der Waals surface area contributed by atoms with E-state index in [1.165, 1.54) is 30.4 Å². The van der Waals surface area contributed by atoms with Gasteiger partial charge in [-0.2, -0.15) is 0 Å². The Bertz CT molecular complexity index is 721. The number of ether oxygens (including phenoxy) is 1. The number of esters is 1. The molecule has 140 valence electrons. The number of allylic oxidation sites excluding steroid dienone is 5. The molecule has 0 bridgehead atoms. The van der Waals surface area contributed by atoms with Gasteiger partial charge in [-0.25, -0.2) is 9.78 Å². The third-order valence-corrected chi connectivity index (χ3v) is 4.88. The molecule has 2 rings (SSSR count). The average molecular weight is 354 g/mol. The van der Waals surface area contributed by atoms with E-state index in [9.17, 15) is 4.79 Å². The molecule has 0 saturated heterocycles. The zero-order chi connectivity index (χ0) is 19.2. The molecule has 1 aromatic heterocycles. The van der Waals surface area contributed by atoms with Gasteiger partial charge in [0.05, 0.1) is 6.61 Å². The summed E-state index contributed by atoms with van der Waals surface area (Å²) in [7, 11) is 0. The first-order valence-corrected chi connectivity index (χ1v) is 9.53. The van der Waals surface area contributed by atoms with Crippen LogP contribution in [0.15, 0.2) is 47.2 Å². The van der Waals surface area contributed by atoms with Crippen LogP contribution in [0.3, 0.4) is 0 Å². The number of carbonyl (C=O) groups excluding carboxylic acids is 1. The van der Waals surface area contributed by atoms with Crippen LogP contribution in [0.4, 0.5) is 0 Å². The topological polar surface area (TPSA) is 39.2 Å². The molecule has 0 aromatic carbocycles. The maximum Gasteiger partial charge on any atom is 0.356 e. The smallest absolute Gasteiger partial charge is 0.356 e. The van der Waals surface area contributed by atoms with Crippen LogP contribution in [0.1, 0.15) is 76.4 Å². The van der Waals surface area contributed by atoms with Crippen molar-refractivity contribution in [2.24, 2.45) is 5.41 Å². The monoisotopic (exact) mass is 353 g/mol. The molecule has 0 amide bonds. The quantitative estimate of drug-likeness (QED) is 0.456. The summed E-state index contributed by atoms with van der Waals surface area (Å²) >= 11 is 0. The number of carbonyl (C=O) groups is 1. The minimum atomic E-state index is -0.360. The molecular weight excluding hydrogens is 322 g/mol. The molecule has 0 radical (unpaired) electrons. The van der Waals surface area contributed by atoms with Gasteiger partial charge in [-0.3, -0.25) is 0 Å². The highest BCUT2D eigenvalue weighted by atomic mass is 16.5. The summed E-state index contributed by atoms with van der Waals surface area (Å²) in [5.41, 5.74) is 5.71. The van der Waals surface area contributed by atoms with Crippen molar-refractivity contribution in [3.63, 3.8) is 0 Å². The Labute approximate surface area is 157 Å². The van der Waals surface area contributed by atoms with Crippen molar-refractivity contribution in [3.05, 3.63) is 58.5 Å². The number of hydrogen-bond acceptors (Lipinski definition) is 3. The second-order valence-electron chi connectivity index (χ2n) is 7.77. The zero-order valence-corrected chi connectivity index (χ0v) is 16.8. The van der Waals surface area contributed by atoms with Gasteiger partial charge < -0.3 is 4.74 Å². The Balaban J connectivity index is 2.08. The normalized spacial score (nSPS) is 17.7. The zero-order valence-electron chi connectivity index (χ0n) is 16.8. The van der Waals surface area contributed by atoms with Crippen LogP contribution in [-0.4, -0.2) is 17.6 Å². The summed E-state index contributed by atoms with van der Waals surface area (Å²) in [6.07, 6.45) is 12.8. The predicted octanol–water partition coefficient (Wildman–Crippen LogP) is 6.13. The molecule has 0 atom stereocenters. The average Bonchev–Trinajstić information content (AvgIpc) is 2.59. The molecule has 1 aliphatic rings. The summed E-state index contributed by atoms with van der Waals surface area (Å²) < 4.78 is 5.10. The van der Waals surface area contributed by atoms with Gasteiger partial charge in [-0.15, -0.1) is 0 Å². The van der Waals surface area contributed by atoms with Crippen molar-refractivity contribution in [2.45, 2.75) is 60.3 Å². The highest BCUT2D eigenvalue weighted by Gasteiger charge is 2.26. The molecule has 0 N–H and O–H groups in total. The third-order valence-electron chi connectivity index (χ3n) is 4.88. The van der Waals surface area contributed by atoms with E-state index >= 15 is 0 Å². The van der Waals surface area contributed by atoms with Crippen LogP contribution in [0.2, 0.25) is 0 Å². The molecular formula is C23H31NO2. The van der Waals surface area contributed by atoms with Crippen LogP contribution < -0.4 is 0 Å². The van der Waals surface area contributed by atoms with E-state index in [1.807, 2.05) is 13.0 Å². The van der Waals surface area contributed by atoms with Crippen molar-refractivity contribution < 1.29 is 9.53 Å². The lowest BCUT2D eigenvalue weighted by Gasteiger charge is -2.32. The van der Waals surface area contributed by atoms with Crippen molar-refractivity contribution in [1.29, 1.82) is 0 Å². The Morgan fingerprint density at radius 1 is 1.35 bits per heavy atom. The van der Waals surface area contributed by atoms with Gasteiger partial charge in [0.25, 0.3) is 0 Å². The SMILES string of the molecule is CCCOC(=O)c1ccc(/C=C(C)/C=C/C2=C(C)CCCC2(C)C)cn1. The second-order valence-corrected chi connectivity index (χ2v) is 7.77. The van der Waals surface area contributed by atoms with E-state index in [0.29, 0.717) is 12.3 Å². The molecule has 3 heteroatoms. The Kier molecular flexibility index (Phi) is 6.96. The lowest BCUT2D eigenvalue weighted by atomic mass is 9.72. The first-order chi connectivity index (χ1) is 12.3. The standard InChI is InChI=1S/C23H31NO2/c1-6-14-26-22(25)21-12-10-19(16-24-21)15-17(2)9-11-20-18(3)8-7-13-23(20,4)5/h9-12,15-16H,6-8,13-14H2,1-5H3/b11-9+,17-15+. The number of nitrogens with zero attached hydrogens (tertiary/aromatic N) is 1. The molecule has 0 spiro atoms. The van der Waals surface area contributed by atoms with Gasteiger partial charge in [0.2, 0.25) is 0 Å². The van der Waals surface area contributed by atoms with Gasteiger partial charge in [0.1, 0.15) is 5.69 Å². The largest absolute Gasteiger partial charge is 0.461 e. The number of aromatic nitrogens is 1. The molecule has 0 unspecified atom stereocenters. The van der Waals surface area contributed by atoms with Crippen molar-refractivity contribution >= 4 is 12.0 Å². The van der Waals surface area contributed by atoms with Gasteiger partial charge >= 0.3 is 5.97 Å². The predicted molar refractivity (Wildman–Crippen MR) is 108 cm³/mol. The molecule has 1 aromatic rings. The summed E-state index contributed by atoms with van der Waals surface area (Å²) in [5.74, 6) is -0.360. The van der Waals surface area contributed by atoms with Crippen LogP contribution in [0, 0.1) is 5.41 Å². The fourth-order valence-electron chi connectivity index (χ4n) is 3.42. The van der Waals surface area contributed by atoms with Crippen molar-refractivity contribution in [3.8, 4) is 0 Å². The number of pyridine rings is 1. The van der Waals surface area contributed by atoms with Crippen LogP contribution in [-0.2, 0) is 4.74 Å². The van der Waals surface area contributed by atoms with Gasteiger partial charge in [0.15, 0.2) is 0 Å². The first kappa shape index (κ1) is 20.2. The molecule has 1 heterocycles. The molecule has 26 heavy (non-hydrogen) atoms. The molecule has 0 fully saturated rings. The Morgan fingerprint density at radius 2 is 2.12 bits per heavy atom. The fourth-order valence-corrected chi connectivity index (χ4v) is 3.42. The van der Waals surface area contributed by atoms with Gasteiger partial charge in [-0.05, 0) is 62.1 Å². The third kappa shape index (κ3) is 5.42. The van der Waals surface area contributed by atoms with Gasteiger partial charge in [-0.1, -0.05) is 56.2 Å². The summed E-state index contributed by atoms with van der Waals surface area (Å²) in [6, 6.07) is 3.62. The van der Waals surface area contributed by atoms with Crippen LogP contribution >= 0.6 is 0 Å². The highest BCUT2D eigenvalue weighted by Crippen LogP contribution is 2.40. The minimum Gasteiger partial charge on any atom is -0.461 e. The van der Waals surface area contributed by atoms with E-state index in [-0.39, 0.29) is 11.4 Å². The van der Waals surface area contributed by atoms with Crippen LogP contribution in [0.5, 0.6) is 0 Å². The second kappa shape index (κ2) is 8.98. The van der Waals surface area contributed by atoms with E-state index in [0.717, 1.165) is 17.6 Å². The minimum absolute atomic E-state index is 0.251. The van der Waals surface area contributed by atoms with Crippen molar-refractivity contribution in [1.82, 2.24) is 4.98 Å². The van der Waals surface area contributed by atoms with E-state index in [2.05, 4.69) is 50.9 Å². The summed E-state index contributed by atoms with van der Waals surface area (Å²) in [5, 5.41) is 0. The van der Waals surface area contributed by atoms with Gasteiger partial charge in [0, 0.05) is 6.20 Å². The van der Waals surface area contributed by atoms with E-state index in [4.69, 9.17) is 4.74 Å². The summed E-state index contributed by atoms with van der Waals surface area (Å²) in [4.78, 5) is 16.0. The molecule has 1 aliphatic carbocycles. The maximum atomic E-state index is 11.8. The Hall–Kier alpha value is -2.16. The maximum absolute atomic E-state index is 11.8. The highest BCUT2D eigenvalue weighted by molar-refractivity contribution is 5.87. The number of hydrogen-bond donors (Lipinski definition) is 0. The van der Waals surface area contributed by atoms with E-state index in [1.54, 1.807) is 12.3 Å². The van der Waals surface area contributed by atoms with Crippen molar-refractivity contribution in [2.75, 3.05) is 6.61 Å². The lowest BCUT2D eigenvalue weighted by Crippen LogP contribution is -2.19. The number of rotatable bonds is 6. The molecule has 3 nitrogen and oxygen atoms in total.